The lowest BCUT2D eigenvalue weighted by Crippen LogP contribution is -2.33. The van der Waals surface area contributed by atoms with Crippen LogP contribution in [0.4, 0.5) is 13.2 Å². The Kier molecular flexibility index (Phi) is 5.90. The summed E-state index contributed by atoms with van der Waals surface area (Å²) in [6, 6.07) is 3.52. The van der Waals surface area contributed by atoms with E-state index in [1.54, 1.807) is 11.8 Å². The summed E-state index contributed by atoms with van der Waals surface area (Å²) in [7, 11) is 0. The molecule has 116 valence electrons. The zero-order chi connectivity index (χ0) is 15.5. The third-order valence-electron chi connectivity index (χ3n) is 2.91. The van der Waals surface area contributed by atoms with Gasteiger partial charge in [0.25, 0.3) is 5.91 Å². The molecule has 21 heavy (non-hydrogen) atoms. The molecule has 0 aliphatic carbocycles. The molecule has 8 heteroatoms. The molecule has 1 fully saturated rings. The van der Waals surface area contributed by atoms with Gasteiger partial charge in [0.2, 0.25) is 0 Å². The lowest BCUT2D eigenvalue weighted by Gasteiger charge is -2.21. The average Bonchev–Trinajstić information content (AvgIpc) is 2.45. The van der Waals surface area contributed by atoms with Crippen molar-refractivity contribution < 1.29 is 18.0 Å². The summed E-state index contributed by atoms with van der Waals surface area (Å²) in [4.78, 5) is 12.0. The molecular weight excluding hydrogens is 387 g/mol. The maximum absolute atomic E-state index is 12.8. The third-order valence-corrected chi connectivity index (χ3v) is 6.45. The number of rotatable bonds is 3. The molecule has 0 aromatic heterocycles. The number of benzene rings is 1. The second-order valence-electron chi connectivity index (χ2n) is 4.47. The summed E-state index contributed by atoms with van der Waals surface area (Å²) in [5, 5.41) is 3.04. The average molecular weight is 400 g/mol. The van der Waals surface area contributed by atoms with Gasteiger partial charge in [-0.3, -0.25) is 4.79 Å². The van der Waals surface area contributed by atoms with E-state index in [1.165, 1.54) is 12.1 Å². The van der Waals surface area contributed by atoms with Crippen LogP contribution in [0, 0.1) is 0 Å². The molecule has 1 unspecified atom stereocenters. The Labute approximate surface area is 137 Å². The molecule has 1 aliphatic heterocycles. The maximum atomic E-state index is 12.8. The number of halogens is 4. The van der Waals surface area contributed by atoms with Crippen molar-refractivity contribution in [2.45, 2.75) is 11.4 Å². The van der Waals surface area contributed by atoms with E-state index in [4.69, 9.17) is 0 Å². The minimum Gasteiger partial charge on any atom is -0.351 e. The van der Waals surface area contributed by atoms with Crippen LogP contribution in [-0.2, 0) is 6.18 Å². The molecule has 1 atom stereocenters. The molecule has 0 radical (unpaired) electrons. The number of hydrogen-bond acceptors (Lipinski definition) is 3. The van der Waals surface area contributed by atoms with Gasteiger partial charge in [-0.1, -0.05) is 15.9 Å². The van der Waals surface area contributed by atoms with Crippen molar-refractivity contribution >= 4 is 45.4 Å². The standard InChI is InChI=1S/C13H13BrF3NOS2/c14-11-2-1-8(5-10(11)13(15,16)17)12(19)18-6-9-7-20-3-4-21-9/h1-2,5,9H,3-4,6-7H2,(H,18,19). The Hall–Kier alpha value is -0.340. The molecule has 1 aromatic rings. The molecule has 1 heterocycles. The van der Waals surface area contributed by atoms with E-state index in [0.29, 0.717) is 11.8 Å². The van der Waals surface area contributed by atoms with Crippen molar-refractivity contribution in [3.63, 3.8) is 0 Å². The highest BCUT2D eigenvalue weighted by atomic mass is 79.9. The first-order valence-electron chi connectivity index (χ1n) is 6.22. The van der Waals surface area contributed by atoms with Gasteiger partial charge in [-0.05, 0) is 18.2 Å². The van der Waals surface area contributed by atoms with E-state index in [2.05, 4.69) is 21.2 Å². The predicted octanol–water partition coefficient (Wildman–Crippen LogP) is 4.05. The highest BCUT2D eigenvalue weighted by Crippen LogP contribution is 2.35. The predicted molar refractivity (Wildman–Crippen MR) is 85.0 cm³/mol. The minimum absolute atomic E-state index is 0.0268. The first-order valence-corrected chi connectivity index (χ1v) is 9.22. The fourth-order valence-corrected chi connectivity index (χ4v) is 4.93. The lowest BCUT2D eigenvalue weighted by molar-refractivity contribution is -0.138. The van der Waals surface area contributed by atoms with E-state index in [0.717, 1.165) is 23.3 Å². The molecule has 1 N–H and O–H groups in total. The Morgan fingerprint density at radius 3 is 2.76 bits per heavy atom. The summed E-state index contributed by atoms with van der Waals surface area (Å²) in [5.41, 5.74) is -0.809. The molecule has 0 spiro atoms. The Balaban J connectivity index is 2.02. The van der Waals surface area contributed by atoms with Crippen LogP contribution in [0.1, 0.15) is 15.9 Å². The Morgan fingerprint density at radius 1 is 1.38 bits per heavy atom. The second-order valence-corrected chi connectivity index (χ2v) is 7.88. The summed E-state index contributed by atoms with van der Waals surface area (Å²) in [6.45, 7) is 0.480. The minimum atomic E-state index is -4.48. The van der Waals surface area contributed by atoms with Gasteiger partial charge in [0, 0.05) is 39.1 Å². The van der Waals surface area contributed by atoms with Gasteiger partial charge >= 0.3 is 6.18 Å². The van der Waals surface area contributed by atoms with Crippen LogP contribution in [0.3, 0.4) is 0 Å². The van der Waals surface area contributed by atoms with Gasteiger partial charge in [-0.25, -0.2) is 0 Å². The van der Waals surface area contributed by atoms with Gasteiger partial charge in [0.1, 0.15) is 0 Å². The number of carbonyl (C=O) groups is 1. The first-order chi connectivity index (χ1) is 9.88. The normalized spacial score (nSPS) is 19.3. The fraction of sp³-hybridized carbons (Fsp3) is 0.462. The van der Waals surface area contributed by atoms with Crippen LogP contribution in [0.5, 0.6) is 0 Å². The molecule has 2 nitrogen and oxygen atoms in total. The van der Waals surface area contributed by atoms with Crippen molar-refractivity contribution in [1.82, 2.24) is 5.32 Å². The number of thioether (sulfide) groups is 2. The van der Waals surface area contributed by atoms with E-state index >= 15 is 0 Å². The Bertz CT molecular complexity index is 519. The van der Waals surface area contributed by atoms with Gasteiger partial charge in [-0.15, -0.1) is 0 Å². The van der Waals surface area contributed by atoms with Crippen LogP contribution in [-0.4, -0.2) is 35.0 Å². The fourth-order valence-electron chi connectivity index (χ4n) is 1.85. The molecule has 0 bridgehead atoms. The van der Waals surface area contributed by atoms with E-state index < -0.39 is 17.6 Å². The SMILES string of the molecule is O=C(NCC1CSCCS1)c1ccc(Br)c(C(F)(F)F)c1. The van der Waals surface area contributed by atoms with E-state index in [1.807, 2.05) is 11.8 Å². The van der Waals surface area contributed by atoms with Crippen LogP contribution in [0.15, 0.2) is 22.7 Å². The molecule has 1 amide bonds. The second kappa shape index (κ2) is 7.28. The molecule has 1 saturated heterocycles. The molecule has 1 aliphatic rings. The number of hydrogen-bond donors (Lipinski definition) is 1. The van der Waals surface area contributed by atoms with Gasteiger partial charge in [0.05, 0.1) is 5.56 Å². The zero-order valence-electron chi connectivity index (χ0n) is 10.9. The number of alkyl halides is 3. The quantitative estimate of drug-likeness (QED) is 0.831. The number of carbonyl (C=O) groups excluding carboxylic acids is 1. The van der Waals surface area contributed by atoms with Crippen LogP contribution in [0.25, 0.3) is 0 Å². The Morgan fingerprint density at radius 2 is 2.14 bits per heavy atom. The van der Waals surface area contributed by atoms with Crippen molar-refractivity contribution in [1.29, 1.82) is 0 Å². The zero-order valence-corrected chi connectivity index (χ0v) is 14.1. The highest BCUT2D eigenvalue weighted by Gasteiger charge is 2.33. The summed E-state index contributed by atoms with van der Waals surface area (Å²) < 4.78 is 38.3. The third kappa shape index (κ3) is 4.82. The molecular formula is C13H13BrF3NOS2. The monoisotopic (exact) mass is 399 g/mol. The first kappa shape index (κ1) is 17.0. The molecule has 1 aromatic carbocycles. The smallest absolute Gasteiger partial charge is 0.351 e. The van der Waals surface area contributed by atoms with Crippen molar-refractivity contribution in [3.8, 4) is 0 Å². The summed E-state index contributed by atoms with van der Waals surface area (Å²) in [6.07, 6.45) is -4.48. The maximum Gasteiger partial charge on any atom is 0.417 e. The topological polar surface area (TPSA) is 29.1 Å². The lowest BCUT2D eigenvalue weighted by atomic mass is 10.1. The van der Waals surface area contributed by atoms with E-state index in [-0.39, 0.29) is 10.0 Å². The van der Waals surface area contributed by atoms with Gasteiger partial charge < -0.3 is 5.32 Å². The molecule has 0 saturated carbocycles. The van der Waals surface area contributed by atoms with Crippen LogP contribution >= 0.6 is 39.5 Å². The van der Waals surface area contributed by atoms with Gasteiger partial charge in [-0.2, -0.15) is 36.7 Å². The summed E-state index contributed by atoms with van der Waals surface area (Å²) in [5.74, 6) is 2.64. The number of nitrogens with one attached hydrogen (secondary N) is 1. The largest absolute Gasteiger partial charge is 0.417 e. The summed E-state index contributed by atoms with van der Waals surface area (Å²) >= 11 is 6.48. The van der Waals surface area contributed by atoms with Crippen molar-refractivity contribution in [2.24, 2.45) is 0 Å². The van der Waals surface area contributed by atoms with Crippen LogP contribution in [0.2, 0.25) is 0 Å². The highest BCUT2D eigenvalue weighted by molar-refractivity contribution is 9.10. The van der Waals surface area contributed by atoms with E-state index in [9.17, 15) is 18.0 Å². The van der Waals surface area contributed by atoms with Gasteiger partial charge in [0.15, 0.2) is 0 Å². The molecule has 2 rings (SSSR count). The van der Waals surface area contributed by atoms with Crippen LogP contribution < -0.4 is 5.32 Å². The number of amides is 1. The van der Waals surface area contributed by atoms with Crippen molar-refractivity contribution in [2.75, 3.05) is 23.8 Å². The van der Waals surface area contributed by atoms with Crippen molar-refractivity contribution in [3.05, 3.63) is 33.8 Å².